The van der Waals surface area contributed by atoms with E-state index in [1.807, 2.05) is 0 Å². The largest absolute Gasteiger partial charge is 0.314 e. The van der Waals surface area contributed by atoms with Crippen LogP contribution in [0.5, 0.6) is 0 Å². The second-order valence-electron chi connectivity index (χ2n) is 6.58. The highest BCUT2D eigenvalue weighted by Crippen LogP contribution is 2.37. The topological polar surface area (TPSA) is 15.3 Å². The van der Waals surface area contributed by atoms with Crippen molar-refractivity contribution in [3.8, 4) is 0 Å². The summed E-state index contributed by atoms with van der Waals surface area (Å²) in [6, 6.07) is 0.632. The average molecular weight is 238 g/mol. The summed E-state index contributed by atoms with van der Waals surface area (Å²) >= 11 is 0. The predicted molar refractivity (Wildman–Crippen MR) is 74.3 cm³/mol. The molecule has 0 radical (unpaired) electrons. The van der Waals surface area contributed by atoms with Crippen LogP contribution in [0.1, 0.15) is 58.8 Å². The molecule has 17 heavy (non-hydrogen) atoms. The molecule has 1 saturated heterocycles. The molecule has 0 aromatic heterocycles. The smallest absolute Gasteiger partial charge is 0.00501 e. The van der Waals surface area contributed by atoms with Gasteiger partial charge in [-0.05, 0) is 44.2 Å². The van der Waals surface area contributed by atoms with Gasteiger partial charge in [-0.3, -0.25) is 0 Å². The summed E-state index contributed by atoms with van der Waals surface area (Å²) in [6.07, 6.45) is 10.1. The Morgan fingerprint density at radius 3 is 2.24 bits per heavy atom. The number of likely N-dealkylation sites (tertiary alicyclic amines) is 1. The van der Waals surface area contributed by atoms with Crippen molar-refractivity contribution >= 4 is 0 Å². The van der Waals surface area contributed by atoms with E-state index in [1.54, 1.807) is 0 Å². The van der Waals surface area contributed by atoms with E-state index in [4.69, 9.17) is 0 Å². The maximum Gasteiger partial charge on any atom is 0.00501 e. The zero-order valence-electron chi connectivity index (χ0n) is 11.8. The van der Waals surface area contributed by atoms with Crippen molar-refractivity contribution in [2.24, 2.45) is 5.41 Å². The van der Waals surface area contributed by atoms with Crippen molar-refractivity contribution in [1.29, 1.82) is 0 Å². The Morgan fingerprint density at radius 2 is 1.65 bits per heavy atom. The molecule has 2 nitrogen and oxygen atoms in total. The van der Waals surface area contributed by atoms with Crippen LogP contribution in [-0.2, 0) is 0 Å². The molecule has 0 aromatic carbocycles. The van der Waals surface area contributed by atoms with E-state index in [0.717, 1.165) is 0 Å². The lowest BCUT2D eigenvalue weighted by Crippen LogP contribution is -2.46. The molecule has 2 fully saturated rings. The number of hydrogen-bond acceptors (Lipinski definition) is 2. The molecule has 1 N–H and O–H groups in total. The fraction of sp³-hybridized carbons (Fsp3) is 1.00. The first-order valence-corrected chi connectivity index (χ1v) is 7.66. The summed E-state index contributed by atoms with van der Waals surface area (Å²) in [7, 11) is 0. The summed E-state index contributed by atoms with van der Waals surface area (Å²) in [4.78, 5) is 2.72. The van der Waals surface area contributed by atoms with Gasteiger partial charge in [0.2, 0.25) is 0 Å². The Balaban J connectivity index is 1.90. The molecule has 0 spiro atoms. The van der Waals surface area contributed by atoms with Crippen LogP contribution >= 0.6 is 0 Å². The summed E-state index contributed by atoms with van der Waals surface area (Å²) in [5, 5.41) is 3.70. The van der Waals surface area contributed by atoms with Crippen molar-refractivity contribution in [2.45, 2.75) is 64.8 Å². The van der Waals surface area contributed by atoms with Crippen LogP contribution in [0, 0.1) is 5.41 Å². The number of nitrogens with zero attached hydrogens (tertiary/aromatic N) is 1. The van der Waals surface area contributed by atoms with Crippen LogP contribution in [0.3, 0.4) is 0 Å². The molecule has 2 aliphatic rings. The molecule has 1 aliphatic carbocycles. The molecule has 2 heteroatoms. The van der Waals surface area contributed by atoms with Crippen LogP contribution in [-0.4, -0.2) is 37.1 Å². The van der Waals surface area contributed by atoms with Crippen molar-refractivity contribution in [1.82, 2.24) is 10.2 Å². The Bertz CT molecular complexity index is 213. The zero-order chi connectivity index (χ0) is 12.1. The molecule has 100 valence electrons. The number of rotatable bonds is 5. The van der Waals surface area contributed by atoms with Crippen LogP contribution < -0.4 is 5.32 Å². The van der Waals surface area contributed by atoms with Gasteiger partial charge in [0.15, 0.2) is 0 Å². The fourth-order valence-electron chi connectivity index (χ4n) is 3.53. The Morgan fingerprint density at radius 1 is 1.00 bits per heavy atom. The van der Waals surface area contributed by atoms with E-state index in [1.165, 1.54) is 71.1 Å². The van der Waals surface area contributed by atoms with E-state index >= 15 is 0 Å². The first-order valence-electron chi connectivity index (χ1n) is 7.66. The molecule has 1 aliphatic heterocycles. The molecule has 0 aromatic rings. The van der Waals surface area contributed by atoms with Gasteiger partial charge in [-0.1, -0.05) is 33.1 Å². The fourth-order valence-corrected chi connectivity index (χ4v) is 3.53. The van der Waals surface area contributed by atoms with Crippen LogP contribution in [0.4, 0.5) is 0 Å². The lowest BCUT2D eigenvalue weighted by Gasteiger charge is -2.41. The molecular weight excluding hydrogens is 208 g/mol. The molecule has 1 saturated carbocycles. The SMILES string of the molecule is CC(C)NCC1(CN2CCCC2)CCCCC1. The molecule has 0 atom stereocenters. The normalized spacial score (nSPS) is 25.6. The lowest BCUT2D eigenvalue weighted by molar-refractivity contribution is 0.114. The third-order valence-electron chi connectivity index (χ3n) is 4.56. The van der Waals surface area contributed by atoms with E-state index in [0.29, 0.717) is 11.5 Å². The van der Waals surface area contributed by atoms with Gasteiger partial charge in [0.25, 0.3) is 0 Å². The summed E-state index contributed by atoms with van der Waals surface area (Å²) in [6.45, 7) is 9.83. The predicted octanol–water partition coefficient (Wildman–Crippen LogP) is 3.03. The number of hydrogen-bond donors (Lipinski definition) is 1. The Labute approximate surface area is 107 Å². The third kappa shape index (κ3) is 3.96. The van der Waals surface area contributed by atoms with Crippen LogP contribution in [0.2, 0.25) is 0 Å². The highest BCUT2D eigenvalue weighted by atomic mass is 15.1. The van der Waals surface area contributed by atoms with Crippen molar-refractivity contribution in [3.63, 3.8) is 0 Å². The van der Waals surface area contributed by atoms with Gasteiger partial charge >= 0.3 is 0 Å². The van der Waals surface area contributed by atoms with E-state index in [2.05, 4.69) is 24.1 Å². The molecule has 2 rings (SSSR count). The highest BCUT2D eigenvalue weighted by molar-refractivity contribution is 4.89. The van der Waals surface area contributed by atoms with Gasteiger partial charge in [0, 0.05) is 19.1 Å². The van der Waals surface area contributed by atoms with Crippen LogP contribution in [0.15, 0.2) is 0 Å². The lowest BCUT2D eigenvalue weighted by atomic mass is 9.73. The van der Waals surface area contributed by atoms with Gasteiger partial charge < -0.3 is 10.2 Å². The summed E-state index contributed by atoms with van der Waals surface area (Å²) in [5.41, 5.74) is 0.590. The first-order chi connectivity index (χ1) is 8.20. The zero-order valence-corrected chi connectivity index (χ0v) is 11.8. The average Bonchev–Trinajstić information content (AvgIpc) is 2.80. The first kappa shape index (κ1) is 13.4. The number of nitrogens with one attached hydrogen (secondary N) is 1. The standard InChI is InChI=1S/C15H30N2/c1-14(2)16-12-15(8-4-3-5-9-15)13-17-10-6-7-11-17/h14,16H,3-13H2,1-2H3. The van der Waals surface area contributed by atoms with E-state index in [9.17, 15) is 0 Å². The summed E-state index contributed by atoms with van der Waals surface area (Å²) in [5.74, 6) is 0. The quantitative estimate of drug-likeness (QED) is 0.792. The maximum absolute atomic E-state index is 3.70. The van der Waals surface area contributed by atoms with Crippen LogP contribution in [0.25, 0.3) is 0 Å². The van der Waals surface area contributed by atoms with E-state index in [-0.39, 0.29) is 0 Å². The minimum atomic E-state index is 0.590. The van der Waals surface area contributed by atoms with Gasteiger partial charge in [-0.2, -0.15) is 0 Å². The van der Waals surface area contributed by atoms with Crippen molar-refractivity contribution in [2.75, 3.05) is 26.2 Å². The Kier molecular flexibility index (Phi) is 4.87. The van der Waals surface area contributed by atoms with Crippen molar-refractivity contribution < 1.29 is 0 Å². The molecule has 0 amide bonds. The van der Waals surface area contributed by atoms with Gasteiger partial charge in [-0.15, -0.1) is 0 Å². The molecule has 1 heterocycles. The third-order valence-corrected chi connectivity index (χ3v) is 4.56. The van der Waals surface area contributed by atoms with Gasteiger partial charge in [-0.25, -0.2) is 0 Å². The second kappa shape index (κ2) is 6.19. The maximum atomic E-state index is 3.70. The molecule has 0 unspecified atom stereocenters. The highest BCUT2D eigenvalue weighted by Gasteiger charge is 2.34. The minimum absolute atomic E-state index is 0.590. The molecular formula is C15H30N2. The van der Waals surface area contributed by atoms with Crippen molar-refractivity contribution in [3.05, 3.63) is 0 Å². The molecule has 0 bridgehead atoms. The van der Waals surface area contributed by atoms with Gasteiger partial charge in [0.05, 0.1) is 0 Å². The summed E-state index contributed by atoms with van der Waals surface area (Å²) < 4.78 is 0. The van der Waals surface area contributed by atoms with Gasteiger partial charge in [0.1, 0.15) is 0 Å². The minimum Gasteiger partial charge on any atom is -0.314 e. The Hall–Kier alpha value is -0.0800. The van der Waals surface area contributed by atoms with E-state index < -0.39 is 0 Å². The second-order valence-corrected chi connectivity index (χ2v) is 6.58. The monoisotopic (exact) mass is 238 g/mol.